The van der Waals surface area contributed by atoms with Gasteiger partial charge in [0.15, 0.2) is 35.6 Å². The molecule has 8 N–H and O–H groups in total. The number of ketones is 1. The van der Waals surface area contributed by atoms with Gasteiger partial charge in [-0.15, -0.1) is 0 Å². The van der Waals surface area contributed by atoms with E-state index in [1.165, 1.54) is 28.7 Å². The number of Topliss-reactive ketones (excluding diaryl/α,β-unsaturated/α-hetero) is 1. The van der Waals surface area contributed by atoms with Crippen molar-refractivity contribution in [2.45, 2.75) is 74.9 Å². The second kappa shape index (κ2) is 21.6. The molecule has 1 saturated carbocycles. The maximum Gasteiger partial charge on any atom is 0.186 e. The topological polar surface area (TPSA) is 194 Å². The number of ether oxygens (including phenoxy) is 3. The second-order valence-corrected chi connectivity index (χ2v) is 20.7. The van der Waals surface area contributed by atoms with E-state index >= 15 is 4.79 Å². The van der Waals surface area contributed by atoms with E-state index in [4.69, 9.17) is 14.2 Å². The van der Waals surface area contributed by atoms with Gasteiger partial charge < -0.3 is 55.2 Å². The number of hydrogen-bond acceptors (Lipinski definition) is 13. The minimum absolute atomic E-state index is 0.0109. The lowest BCUT2D eigenvalue weighted by Crippen LogP contribution is -2.61. The first kappa shape index (κ1) is 49.2. The van der Waals surface area contributed by atoms with E-state index in [2.05, 4.69) is 41.5 Å². The number of fused-ring (bicyclic) bond motifs is 2. The Morgan fingerprint density at radius 1 is 0.897 bits per heavy atom. The summed E-state index contributed by atoms with van der Waals surface area (Å²) in [7, 11) is 7.87. The van der Waals surface area contributed by atoms with Crippen molar-refractivity contribution in [1.29, 1.82) is 0 Å². The maximum atomic E-state index is 16.4. The van der Waals surface area contributed by atoms with Crippen molar-refractivity contribution in [1.82, 2.24) is 10.3 Å². The van der Waals surface area contributed by atoms with Crippen LogP contribution >= 0.6 is 21.6 Å². The van der Waals surface area contributed by atoms with Crippen LogP contribution in [0.5, 0.6) is 28.7 Å². The number of carbonyl (C=O) groups is 1. The van der Waals surface area contributed by atoms with Crippen molar-refractivity contribution in [2.75, 3.05) is 40.4 Å². The van der Waals surface area contributed by atoms with E-state index in [1.807, 2.05) is 36.7 Å². The van der Waals surface area contributed by atoms with Gasteiger partial charge in [0, 0.05) is 42.6 Å². The summed E-state index contributed by atoms with van der Waals surface area (Å²) in [5.74, 6) is -1.19. The number of aryl methyl sites for hydroxylation is 1. The summed E-state index contributed by atoms with van der Waals surface area (Å²) in [6, 6.07) is 26.1. The lowest BCUT2D eigenvalue weighted by Gasteiger charge is -2.49. The number of hydrogen-bond donors (Lipinski definition) is 8. The molecule has 1 aliphatic heterocycles. The van der Waals surface area contributed by atoms with Gasteiger partial charge in [-0.1, -0.05) is 77.0 Å². The van der Waals surface area contributed by atoms with Crippen LogP contribution in [0.25, 0.3) is 10.8 Å². The molecule has 1 fully saturated rings. The van der Waals surface area contributed by atoms with Gasteiger partial charge in [-0.2, -0.15) is 0 Å². The summed E-state index contributed by atoms with van der Waals surface area (Å²) < 4.78 is 17.1. The third-order valence-electron chi connectivity index (χ3n) is 14.2. The Morgan fingerprint density at radius 2 is 1.74 bits per heavy atom. The Morgan fingerprint density at radius 3 is 2.46 bits per heavy atom. The monoisotopic (exact) mass is 962 g/mol. The van der Waals surface area contributed by atoms with Crippen LogP contribution in [0.4, 0.5) is 0 Å². The molecule has 2 heterocycles. The number of rotatable bonds is 13. The lowest BCUT2D eigenvalue weighted by atomic mass is 9.55. The number of aromatic hydroxyl groups is 2. The number of phenolic OH excluding ortho intramolecular Hbond substituents is 2. The number of methoxy groups -OCH3 is 2. The molecule has 1 aliphatic carbocycles. The Kier molecular flexibility index (Phi) is 15.7. The maximum absolute atomic E-state index is 16.4. The normalized spacial score (nSPS) is 23.3. The summed E-state index contributed by atoms with van der Waals surface area (Å²) in [5, 5.41) is 74.6. The predicted octanol–water partition coefficient (Wildman–Crippen LogP) is 7.74. The third-order valence-corrected chi connectivity index (χ3v) is 17.0. The summed E-state index contributed by atoms with van der Waals surface area (Å²) in [4.78, 5) is 19.6. The Labute approximate surface area is 405 Å². The summed E-state index contributed by atoms with van der Waals surface area (Å²) in [6.45, 7) is 1.77. The zero-order valence-corrected chi connectivity index (χ0v) is 40.5. The van der Waals surface area contributed by atoms with Crippen LogP contribution in [-0.4, -0.2) is 94.0 Å². The predicted molar refractivity (Wildman–Crippen MR) is 268 cm³/mol. The van der Waals surface area contributed by atoms with E-state index in [0.29, 0.717) is 65.5 Å². The Bertz CT molecular complexity index is 2710. The molecule has 1 aromatic heterocycles. The van der Waals surface area contributed by atoms with Crippen LogP contribution in [0.3, 0.4) is 0 Å². The van der Waals surface area contributed by atoms with Crippen LogP contribution < -0.4 is 19.5 Å². The Hall–Kier alpha value is -5.19. The molecule has 0 spiro atoms. The average molecular weight is 963 g/mol. The SMILES string of the molecule is CCc1ccc2cccc3c2c1Cc1c(ccc(O)c1OC)C[C@@H](Cc1cc[nH]c1)[C@H](O)[C@@H]1C(=O)[C@](Cc2ccc(OCO)c(OC)c2)(c2cc(O)cc(CNC)c2)[C@@H](O)C[C@H]1CSS[C@H]3CO. The largest absolute Gasteiger partial charge is 0.508 e. The van der Waals surface area contributed by atoms with Crippen LogP contribution in [0.2, 0.25) is 0 Å². The summed E-state index contributed by atoms with van der Waals surface area (Å²) in [5.41, 5.74) is 5.81. The minimum Gasteiger partial charge on any atom is -0.508 e. The van der Waals surface area contributed by atoms with Crippen LogP contribution in [0.1, 0.15) is 68.7 Å². The first-order valence-corrected chi connectivity index (χ1v) is 25.6. The molecule has 0 amide bonds. The van der Waals surface area contributed by atoms with Crippen molar-refractivity contribution < 1.29 is 49.6 Å². The average Bonchev–Trinajstić information content (AvgIpc) is 3.85. The number of aliphatic hydroxyl groups excluding tert-OH is 4. The molecule has 12 nitrogen and oxygen atoms in total. The molecule has 2 aliphatic rings. The number of H-pyrrole nitrogens is 1. The molecule has 0 saturated heterocycles. The Balaban J connectivity index is 1.34. The third kappa shape index (κ3) is 9.69. The van der Waals surface area contributed by atoms with Crippen LogP contribution in [0.15, 0.2) is 97.3 Å². The molecule has 360 valence electrons. The standard InChI is InChI=1S/C54H62N2O10S2/c1-5-34-10-11-35-7-6-8-41-47(28-57)68-67-29-38-22-48(61)54(39-18-33(26-55-2)19-40(59)23-39,25-31-9-14-45(66-30-58)46(20-31)64-3)53(63)50(38)51(62)37(17-32-15-16-56-27-32)21-36-12-13-44(60)52(65-4)43(36)24-42(34)49(35)41/h6-16,18-20,23,27,37-38,47-48,50-51,55-62H,5,17,21-22,24-26,28-30H2,1-4H3/t37-,38+,47+,48+,50-,51+,54-/m1/s1. The minimum atomic E-state index is -1.67. The number of aliphatic hydroxyl groups is 4. The van der Waals surface area contributed by atoms with Crippen LogP contribution in [0, 0.1) is 17.8 Å². The number of carbonyl (C=O) groups excluding carboxylic acids is 1. The second-order valence-electron chi connectivity index (χ2n) is 18.1. The van der Waals surface area contributed by atoms with Gasteiger partial charge in [0.05, 0.1) is 43.7 Å². The molecular formula is C54H62N2O10S2. The van der Waals surface area contributed by atoms with Gasteiger partial charge in [-0.25, -0.2) is 0 Å². The molecule has 6 aromatic rings. The summed E-state index contributed by atoms with van der Waals surface area (Å²) in [6.07, 6.45) is 3.19. The van der Waals surface area contributed by atoms with Crippen molar-refractivity contribution in [3.63, 3.8) is 0 Å². The molecule has 14 heteroatoms. The van der Waals surface area contributed by atoms with Gasteiger partial charge in [0.2, 0.25) is 0 Å². The smallest absolute Gasteiger partial charge is 0.186 e. The van der Waals surface area contributed by atoms with Crippen LogP contribution in [-0.2, 0) is 48.9 Å². The highest BCUT2D eigenvalue weighted by Crippen LogP contribution is 2.52. The zero-order valence-electron chi connectivity index (χ0n) is 38.9. The molecule has 7 atom stereocenters. The highest BCUT2D eigenvalue weighted by Gasteiger charge is 2.58. The van der Waals surface area contributed by atoms with Gasteiger partial charge in [0.25, 0.3) is 0 Å². The van der Waals surface area contributed by atoms with E-state index < -0.39 is 42.2 Å². The highest BCUT2D eigenvalue weighted by molar-refractivity contribution is 8.76. The number of phenols is 2. The summed E-state index contributed by atoms with van der Waals surface area (Å²) >= 11 is 0. The number of nitrogens with one attached hydrogen (secondary N) is 2. The van der Waals surface area contributed by atoms with Crippen molar-refractivity contribution >= 4 is 38.1 Å². The van der Waals surface area contributed by atoms with E-state index in [-0.39, 0.29) is 42.0 Å². The van der Waals surface area contributed by atoms with Gasteiger partial charge in [-0.3, -0.25) is 4.79 Å². The fourth-order valence-corrected chi connectivity index (χ4v) is 13.8. The fourth-order valence-electron chi connectivity index (χ4n) is 11.0. The van der Waals surface area contributed by atoms with E-state index in [1.54, 1.807) is 50.6 Å². The van der Waals surface area contributed by atoms with Gasteiger partial charge >= 0.3 is 0 Å². The van der Waals surface area contributed by atoms with Gasteiger partial charge in [-0.05, 0) is 143 Å². The number of benzene rings is 5. The molecule has 68 heavy (non-hydrogen) atoms. The molecule has 0 unspecified atom stereocenters. The van der Waals surface area contributed by atoms with E-state index in [0.717, 1.165) is 50.6 Å². The quantitative estimate of drug-likeness (QED) is 0.0415. The molecule has 5 aromatic carbocycles. The lowest BCUT2D eigenvalue weighted by molar-refractivity contribution is -0.149. The first-order chi connectivity index (χ1) is 33.0. The fraction of sp³-hybridized carbons (Fsp3) is 0.389. The number of aromatic nitrogens is 1. The van der Waals surface area contributed by atoms with Crippen molar-refractivity contribution in [3.8, 4) is 28.7 Å². The van der Waals surface area contributed by atoms with Crippen molar-refractivity contribution in [3.05, 3.63) is 147 Å². The molecule has 0 bridgehead atoms. The van der Waals surface area contributed by atoms with Gasteiger partial charge in [0.1, 0.15) is 5.75 Å². The van der Waals surface area contributed by atoms with E-state index in [9.17, 15) is 30.6 Å². The zero-order chi connectivity index (χ0) is 48.1. The number of aromatic amines is 1. The molecule has 0 radical (unpaired) electrons. The highest BCUT2D eigenvalue weighted by atomic mass is 33.1. The molecular weight excluding hydrogens is 901 g/mol. The molecule has 8 rings (SSSR count). The first-order valence-electron chi connectivity index (χ1n) is 23.2. The van der Waals surface area contributed by atoms with Crippen molar-refractivity contribution in [2.24, 2.45) is 17.8 Å².